The average Bonchev–Trinajstić information content (AvgIpc) is 2.58. The van der Waals surface area contributed by atoms with E-state index in [1.54, 1.807) is 12.4 Å². The molecule has 2 aromatic rings. The van der Waals surface area contributed by atoms with Crippen LogP contribution in [-0.4, -0.2) is 17.6 Å². The molecule has 1 aromatic heterocycles. The van der Waals surface area contributed by atoms with Crippen LogP contribution in [0.5, 0.6) is 0 Å². The van der Waals surface area contributed by atoms with Crippen LogP contribution in [0.3, 0.4) is 0 Å². The van der Waals surface area contributed by atoms with Crippen LogP contribution < -0.4 is 5.56 Å². The number of methoxy groups -OCH3 is 1. The predicted molar refractivity (Wildman–Crippen MR) is 92.2 cm³/mol. The summed E-state index contributed by atoms with van der Waals surface area (Å²) in [5, 5.41) is 0. The third-order valence-corrected chi connectivity index (χ3v) is 3.84. The maximum Gasteiger partial charge on any atom is 0.313 e. The normalized spacial score (nSPS) is 12.3. The first-order valence-corrected chi connectivity index (χ1v) is 7.61. The molecule has 1 atom stereocenters. The number of nitrogens with zero attached hydrogens (tertiary/aromatic N) is 1. The molecule has 4 nitrogen and oxygen atoms in total. The highest BCUT2D eigenvalue weighted by atomic mass is 16.5. The van der Waals surface area contributed by atoms with Crippen molar-refractivity contribution < 1.29 is 9.53 Å². The van der Waals surface area contributed by atoms with Gasteiger partial charge in [-0.05, 0) is 36.6 Å². The molecule has 1 heterocycles. The Kier molecular flexibility index (Phi) is 5.52. The summed E-state index contributed by atoms with van der Waals surface area (Å²) < 4.78 is 6.33. The zero-order valence-corrected chi connectivity index (χ0v) is 13.7. The molecule has 0 aliphatic heterocycles. The maximum atomic E-state index is 12.7. The number of benzene rings is 1. The maximum absolute atomic E-state index is 12.7. The lowest BCUT2D eigenvalue weighted by Gasteiger charge is -2.15. The first-order valence-electron chi connectivity index (χ1n) is 7.61. The van der Waals surface area contributed by atoms with Gasteiger partial charge in [-0.25, -0.2) is 0 Å². The number of rotatable bonds is 5. The summed E-state index contributed by atoms with van der Waals surface area (Å²) >= 11 is 0. The summed E-state index contributed by atoms with van der Waals surface area (Å²) in [7, 11) is 1.34. The molecule has 23 heavy (non-hydrogen) atoms. The van der Waals surface area contributed by atoms with E-state index in [0.717, 1.165) is 11.1 Å². The minimum Gasteiger partial charge on any atom is -0.469 e. The largest absolute Gasteiger partial charge is 0.469 e. The Labute approximate surface area is 136 Å². The molecule has 120 valence electrons. The number of carbonyl (C=O) groups excluding carboxylic acids is 1. The third kappa shape index (κ3) is 3.77. The lowest BCUT2D eigenvalue weighted by molar-refractivity contribution is -0.142. The van der Waals surface area contributed by atoms with Crippen molar-refractivity contribution in [2.45, 2.75) is 26.2 Å². The molecule has 1 aromatic carbocycles. The van der Waals surface area contributed by atoms with Gasteiger partial charge < -0.3 is 4.74 Å². The van der Waals surface area contributed by atoms with Crippen LogP contribution in [0, 0.1) is 6.92 Å². The summed E-state index contributed by atoms with van der Waals surface area (Å²) in [4.78, 5) is 24.7. The van der Waals surface area contributed by atoms with E-state index in [0.29, 0.717) is 12.0 Å². The number of esters is 1. The van der Waals surface area contributed by atoms with Crippen LogP contribution in [0.4, 0.5) is 0 Å². The van der Waals surface area contributed by atoms with Gasteiger partial charge >= 0.3 is 5.97 Å². The van der Waals surface area contributed by atoms with Crippen molar-refractivity contribution in [2.24, 2.45) is 0 Å². The fraction of sp³-hybridized carbons (Fsp3) is 0.263. The van der Waals surface area contributed by atoms with Crippen molar-refractivity contribution in [3.63, 3.8) is 0 Å². The van der Waals surface area contributed by atoms with E-state index >= 15 is 0 Å². The summed E-state index contributed by atoms with van der Waals surface area (Å²) in [6.07, 6.45) is 5.81. The second-order valence-electron chi connectivity index (χ2n) is 5.34. The predicted octanol–water partition coefficient (Wildman–Crippen LogP) is 3.45. The number of hydrogen-bond donors (Lipinski definition) is 0. The lowest BCUT2D eigenvalue weighted by atomic mass is 9.94. The van der Waals surface area contributed by atoms with Crippen LogP contribution in [0.25, 0.3) is 12.3 Å². The van der Waals surface area contributed by atoms with E-state index in [1.807, 2.05) is 56.3 Å². The van der Waals surface area contributed by atoms with E-state index in [2.05, 4.69) is 0 Å². The van der Waals surface area contributed by atoms with Crippen molar-refractivity contribution in [1.82, 2.24) is 4.57 Å². The Morgan fingerprint density at radius 3 is 2.57 bits per heavy atom. The van der Waals surface area contributed by atoms with Gasteiger partial charge in [0.05, 0.1) is 13.0 Å². The summed E-state index contributed by atoms with van der Waals surface area (Å²) in [5.41, 5.74) is 2.12. The number of carbonyl (C=O) groups is 1. The first kappa shape index (κ1) is 16.7. The summed E-state index contributed by atoms with van der Waals surface area (Å²) in [6.45, 7) is 3.71. The molecular formula is C19H21NO3. The van der Waals surface area contributed by atoms with Gasteiger partial charge in [0.15, 0.2) is 0 Å². The Morgan fingerprint density at radius 2 is 1.96 bits per heavy atom. The number of ether oxygens (including phenoxy) is 1. The van der Waals surface area contributed by atoms with Crippen LogP contribution in [-0.2, 0) is 9.53 Å². The van der Waals surface area contributed by atoms with Crippen molar-refractivity contribution in [2.75, 3.05) is 7.11 Å². The van der Waals surface area contributed by atoms with Gasteiger partial charge in [-0.3, -0.25) is 14.2 Å². The molecule has 0 N–H and O–H groups in total. The van der Waals surface area contributed by atoms with Crippen LogP contribution in [0.15, 0.2) is 47.4 Å². The highest BCUT2D eigenvalue weighted by Crippen LogP contribution is 2.21. The molecular weight excluding hydrogens is 290 g/mol. The quantitative estimate of drug-likeness (QED) is 0.795. The second-order valence-corrected chi connectivity index (χ2v) is 5.34. The molecule has 0 radical (unpaired) electrons. The fourth-order valence-electron chi connectivity index (χ4n) is 2.56. The highest BCUT2D eigenvalue weighted by Gasteiger charge is 2.24. The molecule has 0 saturated carbocycles. The standard InChI is InChI=1S/C19H21NO3/c1-4-16(19(22)23-3)17-14(2)10-12-20(18(17)21)13-11-15-8-6-5-7-9-15/h5-13,16H,4H2,1-3H3. The molecule has 0 amide bonds. The number of pyridine rings is 1. The lowest BCUT2D eigenvalue weighted by Crippen LogP contribution is -2.27. The number of hydrogen-bond acceptors (Lipinski definition) is 3. The zero-order chi connectivity index (χ0) is 16.8. The molecule has 0 spiro atoms. The zero-order valence-electron chi connectivity index (χ0n) is 13.7. The molecule has 0 bridgehead atoms. The van der Waals surface area contributed by atoms with Gasteiger partial charge in [0.2, 0.25) is 0 Å². The van der Waals surface area contributed by atoms with Crippen LogP contribution in [0.1, 0.15) is 36.0 Å². The SMILES string of the molecule is CCC(C(=O)OC)c1c(C)ccn(C=Cc2ccccc2)c1=O. The van der Waals surface area contributed by atoms with Crippen molar-refractivity contribution in [1.29, 1.82) is 0 Å². The Balaban J connectivity index is 2.44. The van der Waals surface area contributed by atoms with Crippen molar-refractivity contribution >= 4 is 18.2 Å². The van der Waals surface area contributed by atoms with Crippen LogP contribution >= 0.6 is 0 Å². The molecule has 1 unspecified atom stereocenters. The minimum atomic E-state index is -0.537. The first-order chi connectivity index (χ1) is 11.1. The summed E-state index contributed by atoms with van der Waals surface area (Å²) in [5.74, 6) is -0.914. The second kappa shape index (κ2) is 7.58. The van der Waals surface area contributed by atoms with Gasteiger partial charge in [0, 0.05) is 18.0 Å². The van der Waals surface area contributed by atoms with Crippen molar-refractivity contribution in [3.8, 4) is 0 Å². The van der Waals surface area contributed by atoms with Gasteiger partial charge in [-0.15, -0.1) is 0 Å². The van der Waals surface area contributed by atoms with Crippen molar-refractivity contribution in [3.05, 3.63) is 69.6 Å². The van der Waals surface area contributed by atoms with E-state index in [-0.39, 0.29) is 11.5 Å². The third-order valence-electron chi connectivity index (χ3n) is 3.84. The summed E-state index contributed by atoms with van der Waals surface area (Å²) in [6, 6.07) is 11.6. The molecule has 0 fully saturated rings. The van der Waals surface area contributed by atoms with E-state index in [1.165, 1.54) is 11.7 Å². The Hall–Kier alpha value is -2.62. The van der Waals surface area contributed by atoms with Gasteiger partial charge in [0.1, 0.15) is 0 Å². The minimum absolute atomic E-state index is 0.186. The molecule has 0 saturated heterocycles. The number of aromatic nitrogens is 1. The number of aryl methyl sites for hydroxylation is 1. The molecule has 0 aliphatic carbocycles. The van der Waals surface area contributed by atoms with E-state index < -0.39 is 5.92 Å². The molecule has 0 aliphatic rings. The Bertz CT molecular complexity index is 760. The van der Waals surface area contributed by atoms with Gasteiger partial charge in [-0.1, -0.05) is 37.3 Å². The fourth-order valence-corrected chi connectivity index (χ4v) is 2.56. The van der Waals surface area contributed by atoms with E-state index in [9.17, 15) is 9.59 Å². The van der Waals surface area contributed by atoms with Gasteiger partial charge in [0.25, 0.3) is 5.56 Å². The van der Waals surface area contributed by atoms with E-state index in [4.69, 9.17) is 4.74 Å². The average molecular weight is 311 g/mol. The Morgan fingerprint density at radius 1 is 1.26 bits per heavy atom. The monoisotopic (exact) mass is 311 g/mol. The highest BCUT2D eigenvalue weighted by molar-refractivity contribution is 5.78. The molecule has 2 rings (SSSR count). The smallest absolute Gasteiger partial charge is 0.313 e. The van der Waals surface area contributed by atoms with Crippen LogP contribution in [0.2, 0.25) is 0 Å². The van der Waals surface area contributed by atoms with Gasteiger partial charge in [-0.2, -0.15) is 0 Å². The topological polar surface area (TPSA) is 48.3 Å². The molecule has 4 heteroatoms.